The summed E-state index contributed by atoms with van der Waals surface area (Å²) in [6.45, 7) is 2.17. The monoisotopic (exact) mass is 230 g/mol. The van der Waals surface area contributed by atoms with E-state index in [0.717, 1.165) is 6.42 Å². The zero-order valence-electron chi connectivity index (χ0n) is 9.61. The van der Waals surface area contributed by atoms with Crippen LogP contribution in [0.2, 0.25) is 0 Å². The van der Waals surface area contributed by atoms with E-state index in [1.807, 2.05) is 12.2 Å². The van der Waals surface area contributed by atoms with Crippen LogP contribution in [0.5, 0.6) is 0 Å². The van der Waals surface area contributed by atoms with E-state index in [4.69, 9.17) is 11.5 Å². The fourth-order valence-electron chi connectivity index (χ4n) is 1.98. The number of aryl methyl sites for hydroxylation is 1. The van der Waals surface area contributed by atoms with Gasteiger partial charge in [0.05, 0.1) is 5.66 Å². The second-order valence-electron chi connectivity index (χ2n) is 4.32. The van der Waals surface area contributed by atoms with Gasteiger partial charge in [0, 0.05) is 6.42 Å². The maximum absolute atomic E-state index is 5.84. The summed E-state index contributed by atoms with van der Waals surface area (Å²) in [4.78, 5) is 0. The quantitative estimate of drug-likeness (QED) is 0.768. The van der Waals surface area contributed by atoms with Gasteiger partial charge in [-0.15, -0.1) is 0 Å². The summed E-state index contributed by atoms with van der Waals surface area (Å²) in [6, 6.07) is 8.45. The molecule has 1 aliphatic carbocycles. The normalized spacial score (nSPS) is 17.2. The first-order valence-electron chi connectivity index (χ1n) is 5.68. The highest BCUT2D eigenvalue weighted by Gasteiger charge is 2.18. The summed E-state index contributed by atoms with van der Waals surface area (Å²) in [5.74, 6) is 0. The molecule has 0 saturated heterocycles. The van der Waals surface area contributed by atoms with Crippen LogP contribution in [0.15, 0.2) is 42.5 Å². The minimum atomic E-state index is -0.676. The van der Waals surface area contributed by atoms with Crippen molar-refractivity contribution in [3.05, 3.63) is 53.6 Å². The van der Waals surface area contributed by atoms with Gasteiger partial charge in [0.25, 0.3) is 0 Å². The lowest BCUT2D eigenvalue weighted by molar-refractivity contribution is 0.559. The molecule has 0 spiro atoms. The van der Waals surface area contributed by atoms with Gasteiger partial charge in [0.1, 0.15) is 0 Å². The Kier molecular flexibility index (Phi) is 4.27. The fraction of sp³-hybridized carbons (Fsp3) is 0.333. The molecule has 0 bridgehead atoms. The highest BCUT2D eigenvalue weighted by molar-refractivity contribution is 5.77. The van der Waals surface area contributed by atoms with Crippen molar-refractivity contribution in [1.82, 2.24) is 0 Å². The molecule has 0 amide bonds. The van der Waals surface area contributed by atoms with Crippen molar-refractivity contribution in [3.63, 3.8) is 0 Å². The number of hydrogen-bond acceptors (Lipinski definition) is 2. The maximum Gasteiger partial charge on any atom is 0.0867 e. The Bertz CT molecular complexity index is 442. The molecule has 0 heterocycles. The molecule has 0 saturated carbocycles. The van der Waals surface area contributed by atoms with Crippen LogP contribution in [0.1, 0.15) is 31.9 Å². The van der Waals surface area contributed by atoms with E-state index in [9.17, 15) is 0 Å². The second kappa shape index (κ2) is 5.30. The number of benzene rings is 1. The molecule has 0 fully saturated rings. The highest BCUT2D eigenvalue weighted by Crippen LogP contribution is 2.26. The Hall–Kier alpha value is -1.38. The van der Waals surface area contributed by atoms with Crippen molar-refractivity contribution < 1.29 is 0 Å². The highest BCUT2D eigenvalue weighted by atomic mass is 14.9. The summed E-state index contributed by atoms with van der Waals surface area (Å²) in [5, 5.41) is 0. The average molecular weight is 230 g/mol. The Morgan fingerprint density at radius 3 is 2.53 bits per heavy atom. The van der Waals surface area contributed by atoms with Gasteiger partial charge in [0.2, 0.25) is 0 Å². The molecular formula is C15H22N2. The second-order valence-corrected chi connectivity index (χ2v) is 4.32. The number of hydrogen-bond donors (Lipinski definition) is 2. The van der Waals surface area contributed by atoms with Gasteiger partial charge in [-0.2, -0.15) is 0 Å². The summed E-state index contributed by atoms with van der Waals surface area (Å²) >= 11 is 0. The van der Waals surface area contributed by atoms with E-state index in [2.05, 4.69) is 37.3 Å². The number of rotatable bonds is 2. The first-order valence-corrected chi connectivity index (χ1v) is 5.68. The minimum Gasteiger partial charge on any atom is -0.310 e. The first kappa shape index (κ1) is 13.7. The van der Waals surface area contributed by atoms with E-state index < -0.39 is 5.66 Å². The summed E-state index contributed by atoms with van der Waals surface area (Å²) in [5.41, 5.74) is 14.9. The predicted octanol–water partition coefficient (Wildman–Crippen LogP) is 2.84. The molecule has 0 atom stereocenters. The Balaban J connectivity index is 0.00000144. The maximum atomic E-state index is 5.84. The van der Waals surface area contributed by atoms with Gasteiger partial charge in [-0.3, -0.25) is 0 Å². The van der Waals surface area contributed by atoms with Crippen molar-refractivity contribution in [2.45, 2.75) is 32.9 Å². The molecule has 1 aromatic rings. The molecule has 0 radical (unpaired) electrons. The third kappa shape index (κ3) is 3.05. The molecule has 2 nitrogen and oxygen atoms in total. The van der Waals surface area contributed by atoms with E-state index in [-0.39, 0.29) is 7.43 Å². The molecule has 2 rings (SSSR count). The lowest BCUT2D eigenvalue weighted by Gasteiger charge is -2.23. The summed E-state index contributed by atoms with van der Waals surface area (Å²) in [7, 11) is 0. The fourth-order valence-corrected chi connectivity index (χ4v) is 1.98. The third-order valence-electron chi connectivity index (χ3n) is 2.96. The lowest BCUT2D eigenvalue weighted by atomic mass is 9.91. The molecular weight excluding hydrogens is 208 g/mol. The van der Waals surface area contributed by atoms with Crippen molar-refractivity contribution in [2.24, 2.45) is 11.5 Å². The molecule has 0 aliphatic heterocycles. The zero-order chi connectivity index (χ0) is 11.6. The molecule has 1 aliphatic rings. The van der Waals surface area contributed by atoms with E-state index in [1.54, 1.807) is 0 Å². The lowest BCUT2D eigenvalue weighted by Crippen LogP contribution is -2.47. The Morgan fingerprint density at radius 2 is 1.94 bits per heavy atom. The van der Waals surface area contributed by atoms with Crippen LogP contribution in [-0.2, 0) is 6.42 Å². The average Bonchev–Trinajstić information content (AvgIpc) is 2.29. The SMILES string of the molecule is C.CCc1ccccc1C1=CCC(N)(N)C=C1. The van der Waals surface area contributed by atoms with Crippen LogP contribution in [0.4, 0.5) is 0 Å². The Morgan fingerprint density at radius 1 is 1.24 bits per heavy atom. The first-order chi connectivity index (χ1) is 7.62. The Labute approximate surface area is 104 Å². The smallest absolute Gasteiger partial charge is 0.0867 e. The van der Waals surface area contributed by atoms with Crippen molar-refractivity contribution in [1.29, 1.82) is 0 Å². The van der Waals surface area contributed by atoms with Gasteiger partial charge < -0.3 is 11.5 Å². The molecule has 0 unspecified atom stereocenters. The number of nitrogens with two attached hydrogens (primary N) is 2. The van der Waals surface area contributed by atoms with E-state index >= 15 is 0 Å². The van der Waals surface area contributed by atoms with Gasteiger partial charge in [0.15, 0.2) is 0 Å². The largest absolute Gasteiger partial charge is 0.310 e. The minimum absolute atomic E-state index is 0. The summed E-state index contributed by atoms with van der Waals surface area (Å²) < 4.78 is 0. The van der Waals surface area contributed by atoms with Crippen LogP contribution >= 0.6 is 0 Å². The summed E-state index contributed by atoms with van der Waals surface area (Å²) in [6.07, 6.45) is 7.76. The van der Waals surface area contributed by atoms with Crippen LogP contribution in [-0.4, -0.2) is 5.66 Å². The molecule has 1 aromatic carbocycles. The van der Waals surface area contributed by atoms with Gasteiger partial charge in [-0.05, 0) is 29.2 Å². The van der Waals surface area contributed by atoms with Crippen molar-refractivity contribution >= 4 is 5.57 Å². The number of allylic oxidation sites excluding steroid dienone is 2. The molecule has 17 heavy (non-hydrogen) atoms. The molecule has 0 aromatic heterocycles. The van der Waals surface area contributed by atoms with Gasteiger partial charge in [-0.1, -0.05) is 50.8 Å². The zero-order valence-corrected chi connectivity index (χ0v) is 9.61. The standard InChI is InChI=1S/C14H18N2.CH4/c1-2-11-5-3-4-6-13(11)12-7-9-14(15,16)10-8-12;/h3-9H,2,10,15-16H2,1H3;1H4. The molecule has 4 N–H and O–H groups in total. The van der Waals surface area contributed by atoms with Crippen LogP contribution in [0.3, 0.4) is 0 Å². The van der Waals surface area contributed by atoms with E-state index in [0.29, 0.717) is 6.42 Å². The van der Waals surface area contributed by atoms with Crippen molar-refractivity contribution in [3.8, 4) is 0 Å². The van der Waals surface area contributed by atoms with Gasteiger partial charge >= 0.3 is 0 Å². The topological polar surface area (TPSA) is 52.0 Å². The third-order valence-corrected chi connectivity index (χ3v) is 2.96. The van der Waals surface area contributed by atoms with Crippen molar-refractivity contribution in [2.75, 3.05) is 0 Å². The van der Waals surface area contributed by atoms with E-state index in [1.165, 1.54) is 16.7 Å². The van der Waals surface area contributed by atoms with Crippen LogP contribution in [0, 0.1) is 0 Å². The van der Waals surface area contributed by atoms with Crippen LogP contribution in [0.25, 0.3) is 5.57 Å². The molecule has 92 valence electrons. The molecule has 2 heteroatoms. The predicted molar refractivity (Wildman–Crippen MR) is 75.4 cm³/mol. The van der Waals surface area contributed by atoms with Crippen LogP contribution < -0.4 is 11.5 Å². The van der Waals surface area contributed by atoms with Gasteiger partial charge in [-0.25, -0.2) is 0 Å².